The van der Waals surface area contributed by atoms with E-state index in [0.717, 1.165) is 34.4 Å². The van der Waals surface area contributed by atoms with Crippen LogP contribution in [0.4, 0.5) is 0 Å². The van der Waals surface area contributed by atoms with Crippen LogP contribution in [0.3, 0.4) is 0 Å². The van der Waals surface area contributed by atoms with Crippen molar-refractivity contribution in [2.24, 2.45) is 0 Å². The summed E-state index contributed by atoms with van der Waals surface area (Å²) in [6.07, 6.45) is 1.49. The van der Waals surface area contributed by atoms with Crippen LogP contribution in [0, 0.1) is 13.8 Å². The fourth-order valence-electron chi connectivity index (χ4n) is 2.81. The molecule has 0 fully saturated rings. The van der Waals surface area contributed by atoms with Gasteiger partial charge in [-0.25, -0.2) is 4.79 Å². The molecule has 0 saturated carbocycles. The molecule has 116 valence electrons. The number of carboxylic acids is 1. The fourth-order valence-corrected chi connectivity index (χ4v) is 2.81. The molecule has 0 radical (unpaired) electrons. The lowest BCUT2D eigenvalue weighted by molar-refractivity contribution is 0.0695. The first kappa shape index (κ1) is 16.1. The highest BCUT2D eigenvalue weighted by Gasteiger charge is 2.15. The van der Waals surface area contributed by atoms with Crippen LogP contribution in [0.2, 0.25) is 0 Å². The Kier molecular flexibility index (Phi) is 4.86. The average Bonchev–Trinajstić information content (AvgIpc) is 2.45. The third-order valence-corrected chi connectivity index (χ3v) is 3.71. The highest BCUT2D eigenvalue weighted by atomic mass is 16.5. The molecule has 2 rings (SSSR count). The van der Waals surface area contributed by atoms with Crippen LogP contribution in [0.1, 0.15) is 46.5 Å². The summed E-state index contributed by atoms with van der Waals surface area (Å²) in [7, 11) is 0. The minimum absolute atomic E-state index is 0.334. The third-order valence-electron chi connectivity index (χ3n) is 3.71. The van der Waals surface area contributed by atoms with Gasteiger partial charge in [-0.3, -0.25) is 0 Å². The molecule has 1 N–H and O–H groups in total. The molecular weight excluding hydrogens is 276 g/mol. The Morgan fingerprint density at radius 1 is 0.955 bits per heavy atom. The number of carboxylic acid groups (broad SMARTS) is 1. The smallest absolute Gasteiger partial charge is 0.336 e. The third kappa shape index (κ3) is 3.48. The Balaban J connectivity index is 2.47. The van der Waals surface area contributed by atoms with Gasteiger partial charge in [-0.1, -0.05) is 19.9 Å². The van der Waals surface area contributed by atoms with Gasteiger partial charge in [-0.2, -0.15) is 0 Å². The van der Waals surface area contributed by atoms with E-state index in [2.05, 4.69) is 6.07 Å². The Labute approximate surface area is 131 Å². The SMILES string of the molecule is CCc1cc(Oc2cc(C)cc(C)c2)cc(C(=O)O)c1CC. The van der Waals surface area contributed by atoms with Gasteiger partial charge in [-0.05, 0) is 73.2 Å². The number of hydrogen-bond donors (Lipinski definition) is 1. The largest absolute Gasteiger partial charge is 0.478 e. The van der Waals surface area contributed by atoms with Gasteiger partial charge in [0.15, 0.2) is 0 Å². The van der Waals surface area contributed by atoms with Gasteiger partial charge in [0, 0.05) is 0 Å². The van der Waals surface area contributed by atoms with E-state index in [-0.39, 0.29) is 0 Å². The molecule has 2 aromatic rings. The van der Waals surface area contributed by atoms with Crippen molar-refractivity contribution in [2.45, 2.75) is 40.5 Å². The summed E-state index contributed by atoms with van der Waals surface area (Å²) in [6, 6.07) is 9.55. The van der Waals surface area contributed by atoms with Gasteiger partial charge in [-0.15, -0.1) is 0 Å². The Hall–Kier alpha value is -2.29. The van der Waals surface area contributed by atoms with Crippen LogP contribution in [0.25, 0.3) is 0 Å². The first-order valence-corrected chi connectivity index (χ1v) is 7.59. The van der Waals surface area contributed by atoms with Gasteiger partial charge < -0.3 is 9.84 Å². The van der Waals surface area contributed by atoms with Crippen LogP contribution in [0.5, 0.6) is 11.5 Å². The van der Waals surface area contributed by atoms with Crippen molar-refractivity contribution in [2.75, 3.05) is 0 Å². The van der Waals surface area contributed by atoms with E-state index in [1.165, 1.54) is 0 Å². The van der Waals surface area contributed by atoms with E-state index in [1.807, 2.05) is 45.9 Å². The van der Waals surface area contributed by atoms with E-state index in [0.29, 0.717) is 17.7 Å². The lowest BCUT2D eigenvalue weighted by Gasteiger charge is -2.14. The molecule has 0 aliphatic rings. The number of aromatic carboxylic acids is 1. The quantitative estimate of drug-likeness (QED) is 0.852. The minimum atomic E-state index is -0.905. The zero-order valence-corrected chi connectivity index (χ0v) is 13.6. The van der Waals surface area contributed by atoms with E-state index < -0.39 is 5.97 Å². The first-order valence-electron chi connectivity index (χ1n) is 7.59. The average molecular weight is 298 g/mol. The zero-order chi connectivity index (χ0) is 16.3. The molecule has 0 aliphatic heterocycles. The molecule has 0 aromatic heterocycles. The van der Waals surface area contributed by atoms with Crippen LogP contribution in [-0.2, 0) is 12.8 Å². The predicted molar refractivity (Wildman–Crippen MR) is 88.1 cm³/mol. The lowest BCUT2D eigenvalue weighted by Crippen LogP contribution is -2.06. The maximum atomic E-state index is 11.5. The minimum Gasteiger partial charge on any atom is -0.478 e. The summed E-state index contributed by atoms with van der Waals surface area (Å²) < 4.78 is 5.91. The molecule has 3 heteroatoms. The van der Waals surface area contributed by atoms with Crippen LogP contribution < -0.4 is 4.74 Å². The standard InChI is InChI=1S/C19H22O3/c1-5-14-10-16(11-18(19(20)21)17(14)6-2)22-15-8-12(3)7-13(4)9-15/h7-11H,5-6H2,1-4H3,(H,20,21). The van der Waals surface area contributed by atoms with Gasteiger partial charge in [0.25, 0.3) is 0 Å². The number of rotatable bonds is 5. The second-order valence-corrected chi connectivity index (χ2v) is 5.55. The summed E-state index contributed by atoms with van der Waals surface area (Å²) in [4.78, 5) is 11.5. The summed E-state index contributed by atoms with van der Waals surface area (Å²) in [5.41, 5.74) is 4.49. The summed E-state index contributed by atoms with van der Waals surface area (Å²) in [5, 5.41) is 9.44. The summed E-state index contributed by atoms with van der Waals surface area (Å²) in [5.74, 6) is 0.411. The van der Waals surface area contributed by atoms with E-state index in [1.54, 1.807) is 6.07 Å². The number of hydrogen-bond acceptors (Lipinski definition) is 2. The van der Waals surface area contributed by atoms with Crippen molar-refractivity contribution in [3.8, 4) is 11.5 Å². The molecule has 0 amide bonds. The molecule has 0 saturated heterocycles. The summed E-state index contributed by atoms with van der Waals surface area (Å²) >= 11 is 0. The predicted octanol–water partition coefficient (Wildman–Crippen LogP) is 4.92. The molecule has 0 unspecified atom stereocenters. The molecule has 0 spiro atoms. The maximum Gasteiger partial charge on any atom is 0.336 e. The molecule has 3 nitrogen and oxygen atoms in total. The monoisotopic (exact) mass is 298 g/mol. The van der Waals surface area contributed by atoms with Gasteiger partial charge in [0.2, 0.25) is 0 Å². The highest BCUT2D eigenvalue weighted by molar-refractivity contribution is 5.90. The fraction of sp³-hybridized carbons (Fsp3) is 0.316. The molecule has 22 heavy (non-hydrogen) atoms. The van der Waals surface area contributed by atoms with Crippen LogP contribution in [-0.4, -0.2) is 11.1 Å². The molecule has 0 aliphatic carbocycles. The van der Waals surface area contributed by atoms with Crippen molar-refractivity contribution >= 4 is 5.97 Å². The molecule has 2 aromatic carbocycles. The van der Waals surface area contributed by atoms with Crippen LogP contribution >= 0.6 is 0 Å². The first-order chi connectivity index (χ1) is 10.4. The number of carbonyl (C=O) groups is 1. The van der Waals surface area contributed by atoms with Crippen LogP contribution in [0.15, 0.2) is 30.3 Å². The molecule has 0 atom stereocenters. The Morgan fingerprint density at radius 2 is 1.55 bits per heavy atom. The zero-order valence-electron chi connectivity index (χ0n) is 13.6. The van der Waals surface area contributed by atoms with Crippen molar-refractivity contribution in [3.05, 3.63) is 58.1 Å². The molecule has 0 heterocycles. The maximum absolute atomic E-state index is 11.5. The van der Waals surface area contributed by atoms with Gasteiger partial charge in [0.1, 0.15) is 11.5 Å². The van der Waals surface area contributed by atoms with E-state index >= 15 is 0 Å². The van der Waals surface area contributed by atoms with Gasteiger partial charge >= 0.3 is 5.97 Å². The number of ether oxygens (including phenoxy) is 1. The van der Waals surface area contributed by atoms with E-state index in [4.69, 9.17) is 4.74 Å². The Morgan fingerprint density at radius 3 is 2.05 bits per heavy atom. The second-order valence-electron chi connectivity index (χ2n) is 5.55. The Bertz CT molecular complexity index is 682. The van der Waals surface area contributed by atoms with E-state index in [9.17, 15) is 9.90 Å². The molecular formula is C19H22O3. The summed E-state index contributed by atoms with van der Waals surface area (Å²) in [6.45, 7) is 8.03. The van der Waals surface area contributed by atoms with Gasteiger partial charge in [0.05, 0.1) is 5.56 Å². The van der Waals surface area contributed by atoms with Crippen molar-refractivity contribution in [3.63, 3.8) is 0 Å². The topological polar surface area (TPSA) is 46.5 Å². The van der Waals surface area contributed by atoms with Crippen molar-refractivity contribution in [1.29, 1.82) is 0 Å². The highest BCUT2D eigenvalue weighted by Crippen LogP contribution is 2.29. The van der Waals surface area contributed by atoms with Crippen molar-refractivity contribution < 1.29 is 14.6 Å². The number of aryl methyl sites for hydroxylation is 3. The second kappa shape index (κ2) is 6.65. The van der Waals surface area contributed by atoms with Crippen molar-refractivity contribution in [1.82, 2.24) is 0 Å². The number of benzene rings is 2. The normalized spacial score (nSPS) is 10.5. The molecule has 0 bridgehead atoms. The lowest BCUT2D eigenvalue weighted by atomic mass is 9.96.